The van der Waals surface area contributed by atoms with Crippen LogP contribution in [0, 0.1) is 0 Å². The van der Waals surface area contributed by atoms with Crippen LogP contribution in [0.15, 0.2) is 36.9 Å². The number of anilines is 1. The van der Waals surface area contributed by atoms with Crippen molar-refractivity contribution in [3.8, 4) is 0 Å². The van der Waals surface area contributed by atoms with Crippen LogP contribution in [0.3, 0.4) is 0 Å². The number of hydrogen-bond donors (Lipinski definition) is 1. The number of benzene rings is 1. The Morgan fingerprint density at radius 3 is 2.74 bits per heavy atom. The van der Waals surface area contributed by atoms with Crippen LogP contribution in [-0.4, -0.2) is 54.2 Å². The van der Waals surface area contributed by atoms with E-state index in [1.54, 1.807) is 29.2 Å². The van der Waals surface area contributed by atoms with Gasteiger partial charge in [-0.05, 0) is 30.7 Å². The summed E-state index contributed by atoms with van der Waals surface area (Å²) in [5, 5.41) is 2.20. The van der Waals surface area contributed by atoms with Gasteiger partial charge in [0.2, 0.25) is 11.8 Å². The van der Waals surface area contributed by atoms with Gasteiger partial charge in [0.25, 0.3) is 11.8 Å². The molecule has 6 nitrogen and oxygen atoms in total. The van der Waals surface area contributed by atoms with Crippen LogP contribution in [0.5, 0.6) is 0 Å². The first-order valence-electron chi connectivity index (χ1n) is 8.82. The van der Waals surface area contributed by atoms with E-state index < -0.39 is 30.2 Å². The monoisotopic (exact) mass is 377 g/mol. The van der Waals surface area contributed by atoms with E-state index in [2.05, 4.69) is 11.9 Å². The van der Waals surface area contributed by atoms with Gasteiger partial charge >= 0.3 is 0 Å². The first kappa shape index (κ1) is 19.0. The van der Waals surface area contributed by atoms with Gasteiger partial charge in [-0.2, -0.15) is 0 Å². The largest absolute Gasteiger partial charge is 0.342 e. The summed E-state index contributed by atoms with van der Waals surface area (Å²) in [6.45, 7) is 3.45. The summed E-state index contributed by atoms with van der Waals surface area (Å²) in [5.41, 5.74) is 0.952. The van der Waals surface area contributed by atoms with Crippen LogP contribution in [-0.2, 0) is 9.59 Å². The maximum atomic E-state index is 14.1. The van der Waals surface area contributed by atoms with Crippen molar-refractivity contribution in [1.82, 2.24) is 10.2 Å². The number of nitrogens with zero attached hydrogens (tertiary/aromatic N) is 2. The Morgan fingerprint density at radius 2 is 2.07 bits per heavy atom. The van der Waals surface area contributed by atoms with Gasteiger partial charge in [0.15, 0.2) is 0 Å². The van der Waals surface area contributed by atoms with Gasteiger partial charge in [-0.3, -0.25) is 14.4 Å². The molecule has 2 saturated heterocycles. The third kappa shape index (κ3) is 3.99. The number of hydrogen-bond acceptors (Lipinski definition) is 3. The molecule has 144 valence electrons. The van der Waals surface area contributed by atoms with Crippen LogP contribution in [0.25, 0.3) is 0 Å². The number of rotatable bonds is 4. The fourth-order valence-corrected chi connectivity index (χ4v) is 3.38. The molecule has 0 aliphatic carbocycles. The fraction of sp³-hybridized carbons (Fsp3) is 0.421. The van der Waals surface area contributed by atoms with Crippen molar-refractivity contribution in [2.75, 3.05) is 24.5 Å². The number of piperidine rings is 1. The summed E-state index contributed by atoms with van der Waals surface area (Å²) in [7, 11) is 0. The maximum absolute atomic E-state index is 14.1. The highest BCUT2D eigenvalue weighted by Crippen LogP contribution is 2.30. The van der Waals surface area contributed by atoms with E-state index in [1.165, 1.54) is 4.90 Å². The van der Waals surface area contributed by atoms with Gasteiger partial charge in [-0.25, -0.2) is 8.78 Å². The molecule has 2 heterocycles. The lowest BCUT2D eigenvalue weighted by Crippen LogP contribution is -2.59. The molecular weight excluding hydrogens is 356 g/mol. The van der Waals surface area contributed by atoms with E-state index in [0.717, 1.165) is 12.5 Å². The molecule has 3 rings (SSSR count). The van der Waals surface area contributed by atoms with Gasteiger partial charge in [0.1, 0.15) is 6.04 Å². The van der Waals surface area contributed by atoms with Crippen LogP contribution < -0.4 is 10.2 Å². The Labute approximate surface area is 155 Å². The fourth-order valence-electron chi connectivity index (χ4n) is 3.38. The molecule has 0 spiro atoms. The zero-order valence-electron chi connectivity index (χ0n) is 14.8. The molecule has 27 heavy (non-hydrogen) atoms. The Bertz CT molecular complexity index is 781. The Balaban J connectivity index is 1.76. The topological polar surface area (TPSA) is 69.7 Å². The highest BCUT2D eigenvalue weighted by atomic mass is 19.3. The van der Waals surface area contributed by atoms with Crippen LogP contribution in [0.1, 0.15) is 29.6 Å². The molecule has 2 fully saturated rings. The zero-order valence-corrected chi connectivity index (χ0v) is 14.8. The van der Waals surface area contributed by atoms with Crippen molar-refractivity contribution in [2.24, 2.45) is 0 Å². The molecule has 1 atom stereocenters. The highest BCUT2D eigenvalue weighted by Gasteiger charge is 2.45. The van der Waals surface area contributed by atoms with Crippen LogP contribution >= 0.6 is 0 Å². The molecule has 0 radical (unpaired) electrons. The lowest BCUT2D eigenvalue weighted by atomic mass is 9.99. The lowest BCUT2D eigenvalue weighted by molar-refractivity contribution is -0.124. The number of carbonyl (C=O) groups excluding carboxylic acids is 3. The summed E-state index contributed by atoms with van der Waals surface area (Å²) >= 11 is 0. The van der Waals surface area contributed by atoms with Crippen molar-refractivity contribution in [3.05, 3.63) is 42.5 Å². The SMILES string of the molecule is C=CC(=O)NC1CN(C(=O)c2cccc(N3CCCC3=O)c2)CCC1(F)F. The predicted molar refractivity (Wildman–Crippen MR) is 95.6 cm³/mol. The van der Waals surface area contributed by atoms with Crippen molar-refractivity contribution in [3.63, 3.8) is 0 Å². The number of halogens is 2. The molecule has 1 aromatic carbocycles. The van der Waals surface area contributed by atoms with Gasteiger partial charge in [-0.1, -0.05) is 12.6 Å². The van der Waals surface area contributed by atoms with E-state index in [1.807, 2.05) is 0 Å². The van der Waals surface area contributed by atoms with Gasteiger partial charge in [0, 0.05) is 43.7 Å². The third-order valence-corrected chi connectivity index (χ3v) is 4.90. The quantitative estimate of drug-likeness (QED) is 0.816. The Morgan fingerprint density at radius 1 is 1.30 bits per heavy atom. The molecule has 3 amide bonds. The molecule has 1 aromatic rings. The number of amides is 3. The summed E-state index contributed by atoms with van der Waals surface area (Å²) in [5.74, 6) is -4.20. The second kappa shape index (κ2) is 7.46. The molecule has 8 heteroatoms. The van der Waals surface area contributed by atoms with E-state index in [0.29, 0.717) is 24.2 Å². The summed E-state index contributed by atoms with van der Waals surface area (Å²) in [6, 6.07) is 5.15. The highest BCUT2D eigenvalue weighted by molar-refractivity contribution is 5.99. The normalized spacial score (nSPS) is 21.9. The van der Waals surface area contributed by atoms with Gasteiger partial charge in [-0.15, -0.1) is 0 Å². The minimum absolute atomic E-state index is 0.00409. The van der Waals surface area contributed by atoms with Gasteiger partial charge < -0.3 is 15.1 Å². The average Bonchev–Trinajstić information content (AvgIpc) is 3.08. The van der Waals surface area contributed by atoms with Crippen molar-refractivity contribution in [1.29, 1.82) is 0 Å². The molecule has 2 aliphatic rings. The van der Waals surface area contributed by atoms with Crippen molar-refractivity contribution in [2.45, 2.75) is 31.2 Å². The minimum Gasteiger partial charge on any atom is -0.342 e. The molecule has 0 saturated carbocycles. The second-order valence-corrected chi connectivity index (χ2v) is 6.73. The van der Waals surface area contributed by atoms with E-state index in [-0.39, 0.29) is 19.0 Å². The number of likely N-dealkylation sites (tertiary alicyclic amines) is 1. The number of carbonyl (C=O) groups is 3. The van der Waals surface area contributed by atoms with Crippen molar-refractivity contribution < 1.29 is 23.2 Å². The maximum Gasteiger partial charge on any atom is 0.271 e. The first-order valence-corrected chi connectivity index (χ1v) is 8.82. The average molecular weight is 377 g/mol. The standard InChI is InChI=1S/C19H21F2N3O3/c1-2-16(25)22-15-12-23(10-8-19(15,20)21)18(27)13-5-3-6-14(11-13)24-9-4-7-17(24)26/h2-3,5-6,11,15H,1,4,7-10,12H2,(H,22,25). The summed E-state index contributed by atoms with van der Waals surface area (Å²) in [4.78, 5) is 39.1. The van der Waals surface area contributed by atoms with Gasteiger partial charge in [0.05, 0.1) is 0 Å². The lowest BCUT2D eigenvalue weighted by Gasteiger charge is -2.38. The minimum atomic E-state index is -3.10. The van der Waals surface area contributed by atoms with E-state index in [4.69, 9.17) is 0 Å². The zero-order chi connectivity index (χ0) is 19.6. The molecular formula is C19H21F2N3O3. The van der Waals surface area contributed by atoms with Crippen molar-refractivity contribution >= 4 is 23.4 Å². The van der Waals surface area contributed by atoms with Crippen LogP contribution in [0.4, 0.5) is 14.5 Å². The third-order valence-electron chi connectivity index (χ3n) is 4.90. The summed E-state index contributed by atoms with van der Waals surface area (Å²) < 4.78 is 28.2. The first-order chi connectivity index (χ1) is 12.8. The molecule has 1 unspecified atom stereocenters. The number of alkyl halides is 2. The molecule has 0 aromatic heterocycles. The predicted octanol–water partition coefficient (Wildman–Crippen LogP) is 1.97. The second-order valence-electron chi connectivity index (χ2n) is 6.73. The molecule has 0 bridgehead atoms. The number of nitrogens with one attached hydrogen (secondary N) is 1. The molecule has 1 N–H and O–H groups in total. The molecule has 2 aliphatic heterocycles. The van der Waals surface area contributed by atoms with E-state index in [9.17, 15) is 23.2 Å². The Hall–Kier alpha value is -2.77. The van der Waals surface area contributed by atoms with Crippen LogP contribution in [0.2, 0.25) is 0 Å². The smallest absolute Gasteiger partial charge is 0.271 e. The Kier molecular flexibility index (Phi) is 5.25. The summed E-state index contributed by atoms with van der Waals surface area (Å²) in [6.07, 6.45) is 1.63. The van der Waals surface area contributed by atoms with E-state index >= 15 is 0 Å².